The van der Waals surface area contributed by atoms with E-state index in [2.05, 4.69) is 0 Å². The molecule has 0 bridgehead atoms. The first kappa shape index (κ1) is 16.0. The molecule has 0 unspecified atom stereocenters. The highest BCUT2D eigenvalue weighted by atomic mass is 32.2. The Morgan fingerprint density at radius 1 is 1.18 bits per heavy atom. The molecule has 0 aliphatic carbocycles. The third kappa shape index (κ3) is 3.44. The van der Waals surface area contributed by atoms with E-state index in [-0.39, 0.29) is 21.0 Å². The number of hydrogen-bond donors (Lipinski definition) is 0. The molecule has 0 spiro atoms. The van der Waals surface area contributed by atoms with Gasteiger partial charge in [0, 0.05) is 17.2 Å². The zero-order chi connectivity index (χ0) is 16.3. The fourth-order valence-corrected chi connectivity index (χ4v) is 4.04. The molecule has 0 amide bonds. The van der Waals surface area contributed by atoms with Gasteiger partial charge >= 0.3 is 0 Å². The topological polar surface area (TPSA) is 101 Å². The van der Waals surface area contributed by atoms with Crippen LogP contribution < -0.4 is 0 Å². The second kappa shape index (κ2) is 6.17. The third-order valence-electron chi connectivity index (χ3n) is 2.75. The lowest BCUT2D eigenvalue weighted by atomic mass is 10.2. The second-order valence-corrected chi connectivity index (χ2v) is 7.44. The molecule has 6 nitrogen and oxygen atoms in total. The fraction of sp³-hybridized carbons (Fsp3) is 0.0714. The van der Waals surface area contributed by atoms with Crippen LogP contribution in [0, 0.1) is 21.4 Å². The maximum absolute atomic E-state index is 11.8. The maximum atomic E-state index is 11.8. The lowest BCUT2D eigenvalue weighted by molar-refractivity contribution is -0.387. The van der Waals surface area contributed by atoms with Gasteiger partial charge < -0.3 is 0 Å². The Bertz CT molecular complexity index is 886. The van der Waals surface area contributed by atoms with E-state index in [1.807, 2.05) is 6.07 Å². The Morgan fingerprint density at radius 3 is 2.45 bits per heavy atom. The summed E-state index contributed by atoms with van der Waals surface area (Å²) < 4.78 is 23.5. The summed E-state index contributed by atoms with van der Waals surface area (Å²) in [6.45, 7) is 0. The van der Waals surface area contributed by atoms with Crippen molar-refractivity contribution in [3.63, 3.8) is 0 Å². The first-order chi connectivity index (χ1) is 10.3. The van der Waals surface area contributed by atoms with Crippen molar-refractivity contribution in [2.24, 2.45) is 0 Å². The second-order valence-electron chi connectivity index (χ2n) is 4.37. The Kier molecular flexibility index (Phi) is 4.49. The van der Waals surface area contributed by atoms with E-state index in [0.29, 0.717) is 4.90 Å². The maximum Gasteiger partial charge on any atom is 0.284 e. The molecule has 8 heteroatoms. The van der Waals surface area contributed by atoms with Crippen LogP contribution >= 0.6 is 11.8 Å². The molecule has 112 valence electrons. The highest BCUT2D eigenvalue weighted by Crippen LogP contribution is 2.38. The van der Waals surface area contributed by atoms with Gasteiger partial charge in [0.25, 0.3) is 5.69 Å². The minimum Gasteiger partial charge on any atom is -0.258 e. The van der Waals surface area contributed by atoms with Crippen molar-refractivity contribution in [1.82, 2.24) is 0 Å². The van der Waals surface area contributed by atoms with Crippen molar-refractivity contribution < 1.29 is 13.3 Å². The molecular formula is C14H10N2O4S2. The molecule has 0 atom stereocenters. The van der Waals surface area contributed by atoms with Gasteiger partial charge in [0.1, 0.15) is 0 Å². The fourth-order valence-electron chi connectivity index (χ4n) is 1.78. The Morgan fingerprint density at radius 2 is 1.86 bits per heavy atom. The van der Waals surface area contributed by atoms with Crippen molar-refractivity contribution in [3.05, 3.63) is 58.1 Å². The number of nitro groups is 1. The molecule has 0 radical (unpaired) electrons. The normalized spacial score (nSPS) is 10.9. The molecule has 0 saturated carbocycles. The van der Waals surface area contributed by atoms with E-state index >= 15 is 0 Å². The zero-order valence-corrected chi connectivity index (χ0v) is 13.0. The van der Waals surface area contributed by atoms with E-state index in [1.165, 1.54) is 24.3 Å². The first-order valence-corrected chi connectivity index (χ1v) is 8.69. The van der Waals surface area contributed by atoms with E-state index in [1.54, 1.807) is 18.2 Å². The SMILES string of the molecule is CS(=O)(=O)c1ccccc1Sc1ccc(C#N)cc1[N+](=O)[O-]. The lowest BCUT2D eigenvalue weighted by Gasteiger charge is -2.08. The number of rotatable bonds is 4. The summed E-state index contributed by atoms with van der Waals surface area (Å²) in [4.78, 5) is 11.3. The molecule has 0 fully saturated rings. The third-order valence-corrected chi connectivity index (χ3v) is 5.18. The molecule has 2 rings (SSSR count). The van der Waals surface area contributed by atoms with Gasteiger partial charge in [0.2, 0.25) is 0 Å². The van der Waals surface area contributed by atoms with E-state index in [0.717, 1.165) is 18.0 Å². The predicted octanol–water partition coefficient (Wildman–Crippen LogP) is 3.02. The van der Waals surface area contributed by atoms with E-state index in [9.17, 15) is 18.5 Å². The van der Waals surface area contributed by atoms with Crippen LogP contribution in [-0.2, 0) is 9.84 Å². The smallest absolute Gasteiger partial charge is 0.258 e. The first-order valence-electron chi connectivity index (χ1n) is 5.98. The quantitative estimate of drug-likeness (QED) is 0.629. The van der Waals surface area contributed by atoms with Crippen LogP contribution in [0.5, 0.6) is 0 Å². The minimum atomic E-state index is -3.44. The molecule has 0 N–H and O–H groups in total. The van der Waals surface area contributed by atoms with Crippen LogP contribution in [0.2, 0.25) is 0 Å². The molecule has 0 aromatic heterocycles. The van der Waals surface area contributed by atoms with Crippen molar-refractivity contribution in [3.8, 4) is 6.07 Å². The Hall–Kier alpha value is -2.37. The summed E-state index contributed by atoms with van der Waals surface area (Å²) in [7, 11) is -3.44. The van der Waals surface area contributed by atoms with E-state index < -0.39 is 14.8 Å². The Labute approximate surface area is 131 Å². The molecule has 0 aliphatic rings. The summed E-state index contributed by atoms with van der Waals surface area (Å²) in [5.74, 6) is 0. The summed E-state index contributed by atoms with van der Waals surface area (Å²) in [6.07, 6.45) is 1.08. The van der Waals surface area contributed by atoms with Gasteiger partial charge in [-0.3, -0.25) is 10.1 Å². The summed E-state index contributed by atoms with van der Waals surface area (Å²) in [5, 5.41) is 19.9. The van der Waals surface area contributed by atoms with Gasteiger partial charge in [-0.05, 0) is 24.3 Å². The van der Waals surface area contributed by atoms with Crippen LogP contribution in [0.3, 0.4) is 0 Å². The van der Waals surface area contributed by atoms with Crippen molar-refractivity contribution >= 4 is 27.3 Å². The van der Waals surface area contributed by atoms with Gasteiger partial charge in [-0.2, -0.15) is 5.26 Å². The van der Waals surface area contributed by atoms with Crippen molar-refractivity contribution in [1.29, 1.82) is 5.26 Å². The van der Waals surface area contributed by atoms with Gasteiger partial charge in [-0.1, -0.05) is 23.9 Å². The van der Waals surface area contributed by atoms with E-state index in [4.69, 9.17) is 5.26 Å². The van der Waals surface area contributed by atoms with Crippen LogP contribution in [-0.4, -0.2) is 19.6 Å². The molecule has 0 heterocycles. The predicted molar refractivity (Wildman–Crippen MR) is 81.5 cm³/mol. The monoisotopic (exact) mass is 334 g/mol. The minimum absolute atomic E-state index is 0.110. The standard InChI is InChI=1S/C14H10N2O4S2/c1-22(19,20)14-5-3-2-4-13(14)21-12-7-6-10(9-15)8-11(12)16(17)18/h2-8H,1H3. The Balaban J connectivity index is 2.54. The van der Waals surface area contributed by atoms with Gasteiger partial charge in [0.05, 0.1) is 26.3 Å². The number of hydrogen-bond acceptors (Lipinski definition) is 6. The van der Waals surface area contributed by atoms with Gasteiger partial charge in [-0.25, -0.2) is 8.42 Å². The zero-order valence-electron chi connectivity index (χ0n) is 11.4. The molecule has 22 heavy (non-hydrogen) atoms. The number of nitro benzene ring substituents is 1. The average molecular weight is 334 g/mol. The van der Waals surface area contributed by atoms with Crippen LogP contribution in [0.4, 0.5) is 5.69 Å². The molecule has 0 aliphatic heterocycles. The summed E-state index contributed by atoms with van der Waals surface area (Å²) in [5.41, 5.74) is -0.0557. The van der Waals surface area contributed by atoms with Gasteiger partial charge in [0.15, 0.2) is 9.84 Å². The number of nitrogens with zero attached hydrogens (tertiary/aromatic N) is 2. The molecule has 0 saturated heterocycles. The van der Waals surface area contributed by atoms with Crippen LogP contribution in [0.25, 0.3) is 0 Å². The molecule has 2 aromatic carbocycles. The number of nitriles is 1. The number of benzene rings is 2. The summed E-state index contributed by atoms with van der Waals surface area (Å²) in [6, 6.07) is 12.2. The largest absolute Gasteiger partial charge is 0.284 e. The molecule has 2 aromatic rings. The highest BCUT2D eigenvalue weighted by Gasteiger charge is 2.19. The van der Waals surface area contributed by atoms with Crippen molar-refractivity contribution in [2.45, 2.75) is 14.7 Å². The van der Waals surface area contributed by atoms with Gasteiger partial charge in [-0.15, -0.1) is 0 Å². The van der Waals surface area contributed by atoms with Crippen molar-refractivity contribution in [2.75, 3.05) is 6.26 Å². The average Bonchev–Trinajstić information content (AvgIpc) is 2.47. The summed E-state index contributed by atoms with van der Waals surface area (Å²) >= 11 is 0.985. The lowest BCUT2D eigenvalue weighted by Crippen LogP contribution is -1.99. The van der Waals surface area contributed by atoms with Crippen LogP contribution in [0.15, 0.2) is 57.2 Å². The molecular weight excluding hydrogens is 324 g/mol. The number of sulfone groups is 1. The highest BCUT2D eigenvalue weighted by molar-refractivity contribution is 8.00. The van der Waals surface area contributed by atoms with Crippen LogP contribution in [0.1, 0.15) is 5.56 Å².